The van der Waals surface area contributed by atoms with Crippen LogP contribution < -0.4 is 10.9 Å². The van der Waals surface area contributed by atoms with E-state index in [0.717, 1.165) is 30.5 Å². The van der Waals surface area contributed by atoms with Crippen LogP contribution in [0.1, 0.15) is 17.7 Å². The number of H-pyrrole nitrogens is 1. The van der Waals surface area contributed by atoms with Gasteiger partial charge in [-0.25, -0.2) is 4.98 Å². The van der Waals surface area contributed by atoms with Crippen molar-refractivity contribution in [3.63, 3.8) is 0 Å². The molecule has 0 atom stereocenters. The normalized spacial score (nSPS) is 13.0. The number of halogens is 2. The smallest absolute Gasteiger partial charge is 0.254 e. The SMILES string of the molecule is O=C(CSc1nc2c(c(=O)[nH]1)CCC2)Nc1ccc(Cl)cc1Cl. The van der Waals surface area contributed by atoms with Gasteiger partial charge in [0.2, 0.25) is 5.91 Å². The van der Waals surface area contributed by atoms with E-state index in [-0.39, 0.29) is 17.2 Å². The van der Waals surface area contributed by atoms with Crippen molar-refractivity contribution >= 4 is 46.6 Å². The second kappa shape index (κ2) is 6.95. The van der Waals surface area contributed by atoms with E-state index in [1.54, 1.807) is 18.2 Å². The summed E-state index contributed by atoms with van der Waals surface area (Å²) in [6, 6.07) is 4.85. The molecule has 1 aromatic heterocycles. The van der Waals surface area contributed by atoms with Crippen LogP contribution in [0.25, 0.3) is 0 Å². The number of anilines is 1. The lowest BCUT2D eigenvalue weighted by molar-refractivity contribution is -0.113. The van der Waals surface area contributed by atoms with Crippen LogP contribution in [0.3, 0.4) is 0 Å². The summed E-state index contributed by atoms with van der Waals surface area (Å²) in [6.45, 7) is 0. The Balaban J connectivity index is 1.63. The van der Waals surface area contributed by atoms with Crippen LogP contribution in [0, 0.1) is 0 Å². The minimum absolute atomic E-state index is 0.101. The van der Waals surface area contributed by atoms with Gasteiger partial charge in [0.25, 0.3) is 5.56 Å². The van der Waals surface area contributed by atoms with Gasteiger partial charge < -0.3 is 10.3 Å². The lowest BCUT2D eigenvalue weighted by Gasteiger charge is -2.07. The summed E-state index contributed by atoms with van der Waals surface area (Å²) < 4.78 is 0. The molecule has 1 heterocycles. The van der Waals surface area contributed by atoms with Gasteiger partial charge in [0.15, 0.2) is 5.16 Å². The highest BCUT2D eigenvalue weighted by Gasteiger charge is 2.17. The van der Waals surface area contributed by atoms with E-state index >= 15 is 0 Å². The molecule has 1 aromatic carbocycles. The topological polar surface area (TPSA) is 74.8 Å². The fourth-order valence-corrected chi connectivity index (χ4v) is 3.53. The number of thioether (sulfide) groups is 1. The van der Waals surface area contributed by atoms with Crippen molar-refractivity contribution in [3.8, 4) is 0 Å². The summed E-state index contributed by atoms with van der Waals surface area (Å²) in [5.74, 6) is -0.108. The molecular formula is C15H13Cl2N3O2S. The second-order valence-electron chi connectivity index (χ2n) is 5.11. The highest BCUT2D eigenvalue weighted by molar-refractivity contribution is 7.99. The molecule has 2 aromatic rings. The molecule has 3 rings (SSSR count). The number of amides is 1. The zero-order valence-electron chi connectivity index (χ0n) is 12.0. The van der Waals surface area contributed by atoms with Crippen molar-refractivity contribution < 1.29 is 4.79 Å². The number of hydrogen-bond donors (Lipinski definition) is 2. The van der Waals surface area contributed by atoms with Gasteiger partial charge in [0.05, 0.1) is 22.2 Å². The molecule has 0 unspecified atom stereocenters. The third kappa shape index (κ3) is 3.88. The number of fused-ring (bicyclic) bond motifs is 1. The van der Waals surface area contributed by atoms with Gasteiger partial charge in [-0.2, -0.15) is 0 Å². The van der Waals surface area contributed by atoms with E-state index in [4.69, 9.17) is 23.2 Å². The lowest BCUT2D eigenvalue weighted by atomic mass is 10.3. The molecule has 1 aliphatic carbocycles. The first kappa shape index (κ1) is 16.4. The molecule has 5 nitrogen and oxygen atoms in total. The number of nitrogens with zero attached hydrogens (tertiary/aromatic N) is 1. The molecule has 0 fully saturated rings. The Labute approximate surface area is 146 Å². The summed E-state index contributed by atoms with van der Waals surface area (Å²) in [5, 5.41) is 4.05. The van der Waals surface area contributed by atoms with Gasteiger partial charge in [0.1, 0.15) is 0 Å². The Morgan fingerprint density at radius 2 is 2.17 bits per heavy atom. The summed E-state index contributed by atoms with van der Waals surface area (Å²) in [4.78, 5) is 31.0. The standard InChI is InChI=1S/C15H13Cl2N3O2S/c16-8-4-5-12(10(17)6-8)18-13(21)7-23-15-19-11-3-1-2-9(11)14(22)20-15/h4-6H,1-3,7H2,(H,18,21)(H,19,20,22). The van der Waals surface area contributed by atoms with Crippen molar-refractivity contribution in [1.82, 2.24) is 9.97 Å². The molecule has 120 valence electrons. The average molecular weight is 370 g/mol. The van der Waals surface area contributed by atoms with Crippen LogP contribution >= 0.6 is 35.0 Å². The molecule has 0 saturated carbocycles. The zero-order chi connectivity index (χ0) is 16.4. The van der Waals surface area contributed by atoms with Gasteiger partial charge in [0, 0.05) is 10.6 Å². The Hall–Kier alpha value is -1.50. The van der Waals surface area contributed by atoms with Crippen molar-refractivity contribution in [1.29, 1.82) is 0 Å². The molecule has 1 amide bonds. The van der Waals surface area contributed by atoms with E-state index < -0.39 is 0 Å². The summed E-state index contributed by atoms with van der Waals surface area (Å²) in [6.07, 6.45) is 2.55. The van der Waals surface area contributed by atoms with Gasteiger partial charge in [-0.05, 0) is 37.5 Å². The highest BCUT2D eigenvalue weighted by Crippen LogP contribution is 2.26. The largest absolute Gasteiger partial charge is 0.324 e. The van der Waals surface area contributed by atoms with Crippen LogP contribution in [-0.2, 0) is 17.6 Å². The van der Waals surface area contributed by atoms with Crippen LogP contribution in [0.15, 0.2) is 28.2 Å². The first-order chi connectivity index (χ1) is 11.0. The molecule has 8 heteroatoms. The predicted molar refractivity (Wildman–Crippen MR) is 92.7 cm³/mol. The van der Waals surface area contributed by atoms with Gasteiger partial charge in [-0.1, -0.05) is 35.0 Å². The Kier molecular flexibility index (Phi) is 4.94. The summed E-state index contributed by atoms with van der Waals surface area (Å²) in [7, 11) is 0. The number of hydrogen-bond acceptors (Lipinski definition) is 4. The maximum absolute atomic E-state index is 12.0. The molecule has 0 bridgehead atoms. The van der Waals surface area contributed by atoms with Crippen molar-refractivity contribution in [2.75, 3.05) is 11.1 Å². The van der Waals surface area contributed by atoms with Crippen LogP contribution in [0.2, 0.25) is 10.0 Å². The molecule has 1 aliphatic rings. The average Bonchev–Trinajstić information content (AvgIpc) is 2.97. The van der Waals surface area contributed by atoms with E-state index in [1.807, 2.05) is 0 Å². The molecule has 0 spiro atoms. The fraction of sp³-hybridized carbons (Fsp3) is 0.267. The third-order valence-corrected chi connectivity index (χ3v) is 4.89. The lowest BCUT2D eigenvalue weighted by Crippen LogP contribution is -2.17. The van der Waals surface area contributed by atoms with E-state index in [2.05, 4.69) is 15.3 Å². The Morgan fingerprint density at radius 1 is 1.35 bits per heavy atom. The number of aromatic nitrogens is 2. The third-order valence-electron chi connectivity index (χ3n) is 3.46. The Morgan fingerprint density at radius 3 is 2.96 bits per heavy atom. The molecule has 2 N–H and O–H groups in total. The number of nitrogens with one attached hydrogen (secondary N) is 2. The second-order valence-corrected chi connectivity index (χ2v) is 6.92. The van der Waals surface area contributed by atoms with Crippen LogP contribution in [0.4, 0.5) is 5.69 Å². The van der Waals surface area contributed by atoms with E-state index in [1.165, 1.54) is 11.8 Å². The number of carbonyl (C=O) groups is 1. The number of aromatic amines is 1. The number of aryl methyl sites for hydroxylation is 1. The fourth-order valence-electron chi connectivity index (χ4n) is 2.40. The summed E-state index contributed by atoms with van der Waals surface area (Å²) >= 11 is 13.0. The first-order valence-electron chi connectivity index (χ1n) is 7.02. The molecule has 23 heavy (non-hydrogen) atoms. The maximum atomic E-state index is 12.0. The van der Waals surface area contributed by atoms with E-state index in [0.29, 0.717) is 20.9 Å². The zero-order valence-corrected chi connectivity index (χ0v) is 14.3. The van der Waals surface area contributed by atoms with Crippen molar-refractivity contribution in [3.05, 3.63) is 49.9 Å². The quantitative estimate of drug-likeness (QED) is 0.640. The van der Waals surface area contributed by atoms with Gasteiger partial charge in [-0.15, -0.1) is 0 Å². The molecule has 0 saturated heterocycles. The number of benzene rings is 1. The molecular weight excluding hydrogens is 357 g/mol. The van der Waals surface area contributed by atoms with Gasteiger partial charge in [-0.3, -0.25) is 9.59 Å². The predicted octanol–water partition coefficient (Wildman–Crippen LogP) is 3.30. The minimum Gasteiger partial charge on any atom is -0.324 e. The van der Waals surface area contributed by atoms with Crippen LogP contribution in [0.5, 0.6) is 0 Å². The van der Waals surface area contributed by atoms with Crippen LogP contribution in [-0.4, -0.2) is 21.6 Å². The Bertz CT molecular complexity index is 823. The number of rotatable bonds is 4. The van der Waals surface area contributed by atoms with Crippen molar-refractivity contribution in [2.24, 2.45) is 0 Å². The monoisotopic (exact) mass is 369 g/mol. The van der Waals surface area contributed by atoms with Crippen molar-refractivity contribution in [2.45, 2.75) is 24.4 Å². The van der Waals surface area contributed by atoms with Gasteiger partial charge >= 0.3 is 0 Å². The van der Waals surface area contributed by atoms with E-state index in [9.17, 15) is 9.59 Å². The minimum atomic E-state index is -0.234. The first-order valence-corrected chi connectivity index (χ1v) is 8.77. The molecule has 0 radical (unpaired) electrons. The summed E-state index contributed by atoms with van der Waals surface area (Å²) in [5.41, 5.74) is 2.01. The highest BCUT2D eigenvalue weighted by atomic mass is 35.5. The molecule has 0 aliphatic heterocycles. The number of carbonyl (C=O) groups excluding carboxylic acids is 1. The maximum Gasteiger partial charge on any atom is 0.254 e.